The van der Waals surface area contributed by atoms with E-state index in [1.807, 2.05) is 0 Å². The van der Waals surface area contributed by atoms with Crippen molar-refractivity contribution in [2.24, 2.45) is 5.92 Å². The average Bonchev–Trinajstić information content (AvgIpc) is 2.23. The van der Waals surface area contributed by atoms with Crippen LogP contribution in [-0.4, -0.2) is 23.3 Å². The lowest BCUT2D eigenvalue weighted by Crippen LogP contribution is -2.45. The van der Waals surface area contributed by atoms with Gasteiger partial charge in [-0.3, -0.25) is 4.79 Å². The number of cyclic esters (lactones) is 1. The van der Waals surface area contributed by atoms with Crippen LogP contribution < -0.4 is 0 Å². The molecule has 84 valence electrons. The first-order chi connectivity index (χ1) is 7.17. The molecule has 2 unspecified atom stereocenters. The van der Waals surface area contributed by atoms with Crippen LogP contribution in [0.15, 0.2) is 25.3 Å². The van der Waals surface area contributed by atoms with Gasteiger partial charge in [0.25, 0.3) is 0 Å². The summed E-state index contributed by atoms with van der Waals surface area (Å²) in [6.45, 7) is 7.08. The molecule has 1 fully saturated rings. The minimum Gasteiger partial charge on any atom is -0.456 e. The Kier molecular flexibility index (Phi) is 4.09. The van der Waals surface area contributed by atoms with Crippen LogP contribution in [0.25, 0.3) is 0 Å². The fourth-order valence-corrected chi connectivity index (χ4v) is 1.90. The monoisotopic (exact) mass is 210 g/mol. The first-order valence-corrected chi connectivity index (χ1v) is 5.23. The highest BCUT2D eigenvalue weighted by atomic mass is 16.6. The fourth-order valence-electron chi connectivity index (χ4n) is 1.90. The largest absolute Gasteiger partial charge is 0.456 e. The molecular weight excluding hydrogens is 192 g/mol. The molecular formula is C12H18O3. The highest BCUT2D eigenvalue weighted by Crippen LogP contribution is 2.33. The standard InChI is InChI=1S/C12H18O3/c1-3-5-10-6-8-12(9-13,7-4-2)15-11(10)14/h3-4,10,13H,1-2,5-9H2. The quantitative estimate of drug-likeness (QED) is 0.556. The van der Waals surface area contributed by atoms with Gasteiger partial charge in [0.2, 0.25) is 0 Å². The Hall–Kier alpha value is -1.09. The lowest BCUT2D eigenvalue weighted by molar-refractivity contribution is -0.179. The molecule has 0 spiro atoms. The molecule has 2 atom stereocenters. The van der Waals surface area contributed by atoms with Crippen molar-refractivity contribution in [1.29, 1.82) is 0 Å². The summed E-state index contributed by atoms with van der Waals surface area (Å²) in [5, 5.41) is 9.26. The van der Waals surface area contributed by atoms with Gasteiger partial charge in [-0.05, 0) is 19.3 Å². The van der Waals surface area contributed by atoms with Gasteiger partial charge in [-0.25, -0.2) is 0 Å². The number of hydrogen-bond donors (Lipinski definition) is 1. The van der Waals surface area contributed by atoms with Crippen molar-refractivity contribution < 1.29 is 14.6 Å². The Labute approximate surface area is 90.4 Å². The summed E-state index contributed by atoms with van der Waals surface area (Å²) in [7, 11) is 0. The SMILES string of the molecule is C=CCC1CCC(CO)(CC=C)OC1=O. The molecule has 1 heterocycles. The summed E-state index contributed by atoms with van der Waals surface area (Å²) < 4.78 is 5.32. The summed E-state index contributed by atoms with van der Waals surface area (Å²) in [6.07, 6.45) is 6.01. The van der Waals surface area contributed by atoms with Crippen molar-refractivity contribution in [3.63, 3.8) is 0 Å². The number of ether oxygens (including phenoxy) is 1. The van der Waals surface area contributed by atoms with Crippen molar-refractivity contribution in [2.75, 3.05) is 6.61 Å². The van der Waals surface area contributed by atoms with E-state index in [9.17, 15) is 9.90 Å². The predicted molar refractivity (Wildman–Crippen MR) is 58.3 cm³/mol. The maximum absolute atomic E-state index is 11.6. The van der Waals surface area contributed by atoms with Crippen LogP contribution in [0.3, 0.4) is 0 Å². The summed E-state index contributed by atoms with van der Waals surface area (Å²) in [5.41, 5.74) is -0.726. The Morgan fingerprint density at radius 2 is 2.27 bits per heavy atom. The molecule has 1 saturated heterocycles. The second kappa shape index (κ2) is 5.12. The first-order valence-electron chi connectivity index (χ1n) is 5.23. The molecule has 1 aliphatic heterocycles. The number of allylic oxidation sites excluding steroid dienone is 1. The molecule has 0 aliphatic carbocycles. The first kappa shape index (κ1) is 12.0. The van der Waals surface area contributed by atoms with Crippen molar-refractivity contribution in [1.82, 2.24) is 0 Å². The molecule has 3 nitrogen and oxygen atoms in total. The number of aliphatic hydroxyl groups is 1. The number of rotatable bonds is 5. The van der Waals surface area contributed by atoms with Crippen LogP contribution in [0, 0.1) is 5.92 Å². The predicted octanol–water partition coefficient (Wildman–Crippen LogP) is 1.82. The topological polar surface area (TPSA) is 46.5 Å². The van der Waals surface area contributed by atoms with Gasteiger partial charge in [-0.1, -0.05) is 12.2 Å². The van der Waals surface area contributed by atoms with E-state index in [4.69, 9.17) is 4.74 Å². The van der Waals surface area contributed by atoms with Crippen molar-refractivity contribution in [3.8, 4) is 0 Å². The van der Waals surface area contributed by atoms with Crippen molar-refractivity contribution >= 4 is 5.97 Å². The smallest absolute Gasteiger partial charge is 0.309 e. The van der Waals surface area contributed by atoms with E-state index in [-0.39, 0.29) is 18.5 Å². The lowest BCUT2D eigenvalue weighted by Gasteiger charge is -2.37. The molecule has 0 aromatic heterocycles. The molecule has 0 amide bonds. The Balaban J connectivity index is 2.65. The van der Waals surface area contributed by atoms with Crippen LogP contribution in [0.4, 0.5) is 0 Å². The summed E-state index contributed by atoms with van der Waals surface area (Å²) in [6, 6.07) is 0. The van der Waals surface area contributed by atoms with E-state index in [2.05, 4.69) is 13.2 Å². The molecule has 15 heavy (non-hydrogen) atoms. The average molecular weight is 210 g/mol. The third kappa shape index (κ3) is 2.69. The lowest BCUT2D eigenvalue weighted by atomic mass is 9.85. The van der Waals surface area contributed by atoms with E-state index in [0.717, 1.165) is 6.42 Å². The molecule has 0 saturated carbocycles. The van der Waals surface area contributed by atoms with Crippen molar-refractivity contribution in [2.45, 2.75) is 31.3 Å². The maximum atomic E-state index is 11.6. The van der Waals surface area contributed by atoms with Gasteiger partial charge in [0.05, 0.1) is 12.5 Å². The second-order valence-corrected chi connectivity index (χ2v) is 4.01. The van der Waals surface area contributed by atoms with Crippen LogP contribution in [0.5, 0.6) is 0 Å². The number of carbonyl (C=O) groups is 1. The number of hydrogen-bond acceptors (Lipinski definition) is 3. The van der Waals surface area contributed by atoms with Gasteiger partial charge in [-0.15, -0.1) is 13.2 Å². The van der Waals surface area contributed by atoms with Gasteiger partial charge in [0.15, 0.2) is 0 Å². The van der Waals surface area contributed by atoms with Crippen molar-refractivity contribution in [3.05, 3.63) is 25.3 Å². The second-order valence-electron chi connectivity index (χ2n) is 4.01. The Morgan fingerprint density at radius 1 is 1.53 bits per heavy atom. The number of esters is 1. The third-order valence-electron chi connectivity index (χ3n) is 2.85. The van der Waals surface area contributed by atoms with Gasteiger partial charge in [0.1, 0.15) is 5.60 Å². The molecule has 0 aromatic carbocycles. The highest BCUT2D eigenvalue weighted by molar-refractivity contribution is 5.74. The van der Waals surface area contributed by atoms with E-state index in [0.29, 0.717) is 19.3 Å². The van der Waals surface area contributed by atoms with Gasteiger partial charge >= 0.3 is 5.97 Å². The minimum absolute atomic E-state index is 0.0907. The van der Waals surface area contributed by atoms with Crippen LogP contribution in [0.1, 0.15) is 25.7 Å². The van der Waals surface area contributed by atoms with E-state index >= 15 is 0 Å². The van der Waals surface area contributed by atoms with Gasteiger partial charge in [-0.2, -0.15) is 0 Å². The van der Waals surface area contributed by atoms with E-state index < -0.39 is 5.60 Å². The third-order valence-corrected chi connectivity index (χ3v) is 2.85. The molecule has 1 N–H and O–H groups in total. The normalized spacial score (nSPS) is 30.7. The zero-order valence-electron chi connectivity index (χ0n) is 8.95. The van der Waals surface area contributed by atoms with Crippen LogP contribution >= 0.6 is 0 Å². The minimum atomic E-state index is -0.726. The molecule has 0 aromatic rings. The summed E-state index contributed by atoms with van der Waals surface area (Å²) >= 11 is 0. The molecule has 3 heteroatoms. The summed E-state index contributed by atoms with van der Waals surface area (Å²) in [4.78, 5) is 11.6. The van der Waals surface area contributed by atoms with E-state index in [1.165, 1.54) is 0 Å². The Morgan fingerprint density at radius 3 is 2.73 bits per heavy atom. The zero-order valence-corrected chi connectivity index (χ0v) is 8.95. The number of aliphatic hydroxyl groups excluding tert-OH is 1. The zero-order chi connectivity index (χ0) is 11.3. The summed E-state index contributed by atoms with van der Waals surface area (Å²) in [5.74, 6) is -0.316. The van der Waals surface area contributed by atoms with Crippen LogP contribution in [-0.2, 0) is 9.53 Å². The molecule has 0 bridgehead atoms. The van der Waals surface area contributed by atoms with Gasteiger partial charge < -0.3 is 9.84 Å². The molecule has 0 radical (unpaired) electrons. The van der Waals surface area contributed by atoms with E-state index in [1.54, 1.807) is 12.2 Å². The molecule has 1 rings (SSSR count). The van der Waals surface area contributed by atoms with Crippen LogP contribution in [0.2, 0.25) is 0 Å². The van der Waals surface area contributed by atoms with Gasteiger partial charge in [0, 0.05) is 6.42 Å². The molecule has 1 aliphatic rings. The maximum Gasteiger partial charge on any atom is 0.309 e. The highest BCUT2D eigenvalue weighted by Gasteiger charge is 2.40. The Bertz CT molecular complexity index is 260. The fraction of sp³-hybridized carbons (Fsp3) is 0.583. The number of carbonyl (C=O) groups excluding carboxylic acids is 1.